The second-order valence-electron chi connectivity index (χ2n) is 5.79. The van der Waals surface area contributed by atoms with Gasteiger partial charge in [0.2, 0.25) is 0 Å². The summed E-state index contributed by atoms with van der Waals surface area (Å²) in [7, 11) is 0. The highest BCUT2D eigenvalue weighted by molar-refractivity contribution is 6.02. The Morgan fingerprint density at radius 2 is 2.11 bits per heavy atom. The van der Waals surface area contributed by atoms with Crippen molar-refractivity contribution in [2.24, 2.45) is 10.7 Å². The summed E-state index contributed by atoms with van der Waals surface area (Å²) in [5.41, 5.74) is 5.50. The molecule has 0 spiro atoms. The first-order valence-corrected chi connectivity index (χ1v) is 8.11. The smallest absolute Gasteiger partial charge is 0.282 e. The number of hydrogen-bond acceptors (Lipinski definition) is 6. The number of nitrogens with one attached hydrogen (secondary N) is 1. The minimum atomic E-state index is -2.77. The first-order valence-electron chi connectivity index (χ1n) is 8.11. The van der Waals surface area contributed by atoms with Crippen molar-refractivity contribution in [3.05, 3.63) is 53.4 Å². The van der Waals surface area contributed by atoms with Crippen LogP contribution in [0.25, 0.3) is 0 Å². The van der Waals surface area contributed by atoms with Gasteiger partial charge in [0, 0.05) is 11.3 Å². The number of amides is 1. The maximum absolute atomic E-state index is 14.2. The molecule has 0 fully saturated rings. The van der Waals surface area contributed by atoms with Crippen molar-refractivity contribution in [3.8, 4) is 0 Å². The molecule has 142 valence electrons. The van der Waals surface area contributed by atoms with Gasteiger partial charge in [0.15, 0.2) is 0 Å². The zero-order valence-electron chi connectivity index (χ0n) is 14.0. The van der Waals surface area contributed by atoms with Gasteiger partial charge in [-0.25, -0.2) is 23.1 Å². The molecule has 2 heterocycles. The Morgan fingerprint density at radius 1 is 1.30 bits per heavy atom. The Kier molecular flexibility index (Phi) is 5.53. The molecule has 1 aliphatic heterocycles. The predicted molar refractivity (Wildman–Crippen MR) is 90.9 cm³/mol. The van der Waals surface area contributed by atoms with Gasteiger partial charge >= 0.3 is 0 Å². The normalized spacial score (nSPS) is 17.0. The molecule has 1 atom stereocenters. The number of aliphatic imine (C=N–C) groups is 1. The van der Waals surface area contributed by atoms with Gasteiger partial charge in [0.1, 0.15) is 17.2 Å². The molecule has 0 bridgehead atoms. The number of carbonyl (C=O) groups is 1. The quantitative estimate of drug-likeness (QED) is 0.850. The zero-order chi connectivity index (χ0) is 19.4. The highest BCUT2D eigenvalue weighted by Gasteiger charge is 2.20. The number of carbonyl (C=O) groups excluding carboxylic acids is 1. The molecule has 0 unspecified atom stereocenters. The fourth-order valence-corrected chi connectivity index (χ4v) is 2.57. The third-order valence-corrected chi connectivity index (χ3v) is 3.90. The summed E-state index contributed by atoms with van der Waals surface area (Å²) < 4.78 is 44.4. The molecule has 10 heteroatoms. The van der Waals surface area contributed by atoms with E-state index in [-0.39, 0.29) is 17.3 Å². The van der Waals surface area contributed by atoms with E-state index in [0.29, 0.717) is 25.1 Å². The molecule has 27 heavy (non-hydrogen) atoms. The Morgan fingerprint density at radius 3 is 2.81 bits per heavy atom. The molecule has 1 aromatic carbocycles. The lowest BCUT2D eigenvalue weighted by atomic mass is 10.0. The van der Waals surface area contributed by atoms with Crippen LogP contribution in [-0.4, -0.2) is 28.5 Å². The number of nitrogens with zero attached hydrogens (tertiary/aromatic N) is 3. The summed E-state index contributed by atoms with van der Waals surface area (Å²) in [6.07, 6.45) is 0.200. The first kappa shape index (κ1) is 18.6. The summed E-state index contributed by atoms with van der Waals surface area (Å²) in [6, 6.07) is 3.47. The molecule has 1 aromatic heterocycles. The molecule has 2 aromatic rings. The third-order valence-electron chi connectivity index (χ3n) is 3.90. The lowest BCUT2D eigenvalue weighted by Crippen LogP contribution is -2.16. The van der Waals surface area contributed by atoms with Crippen LogP contribution in [0.5, 0.6) is 0 Å². The SMILES string of the molecule is NC1=N[C@H](c2cc(NC(=O)c3cnc(C(F)F)cn3)ccc2F)CCCO1. The molecule has 0 aliphatic carbocycles. The van der Waals surface area contributed by atoms with E-state index >= 15 is 0 Å². The topological polar surface area (TPSA) is 102 Å². The van der Waals surface area contributed by atoms with Crippen LogP contribution in [-0.2, 0) is 4.74 Å². The van der Waals surface area contributed by atoms with Gasteiger partial charge in [-0.2, -0.15) is 0 Å². The Hall–Kier alpha value is -3.17. The monoisotopic (exact) mass is 379 g/mol. The van der Waals surface area contributed by atoms with Gasteiger partial charge in [0.05, 0.1) is 25.0 Å². The molecule has 0 saturated heterocycles. The number of ether oxygens (including phenoxy) is 1. The van der Waals surface area contributed by atoms with Crippen LogP contribution < -0.4 is 11.1 Å². The van der Waals surface area contributed by atoms with E-state index in [1.54, 1.807) is 0 Å². The van der Waals surface area contributed by atoms with E-state index in [1.807, 2.05) is 0 Å². The summed E-state index contributed by atoms with van der Waals surface area (Å²) in [6.45, 7) is 0.400. The Bertz CT molecular complexity index is 858. The van der Waals surface area contributed by atoms with Crippen molar-refractivity contribution in [2.45, 2.75) is 25.3 Å². The maximum atomic E-state index is 14.2. The number of hydrogen-bond donors (Lipinski definition) is 2. The van der Waals surface area contributed by atoms with Crippen LogP contribution in [0.3, 0.4) is 0 Å². The van der Waals surface area contributed by atoms with Crippen LogP contribution in [0.1, 0.15) is 47.1 Å². The standard InChI is InChI=1S/C17H16F3N5O2/c18-11-4-3-9(6-10(11)12-2-1-5-27-17(21)25-12)24-16(26)14-8-22-13(7-23-14)15(19)20/h3-4,6-8,12,15H,1-2,5H2,(H2,21,25)(H,24,26)/t12-/m0/s1. The Labute approximate surface area is 152 Å². The van der Waals surface area contributed by atoms with E-state index in [1.165, 1.54) is 18.2 Å². The highest BCUT2D eigenvalue weighted by Crippen LogP contribution is 2.29. The lowest BCUT2D eigenvalue weighted by Gasteiger charge is -2.13. The lowest BCUT2D eigenvalue weighted by molar-refractivity contribution is 0.102. The van der Waals surface area contributed by atoms with Crippen molar-refractivity contribution >= 4 is 17.6 Å². The van der Waals surface area contributed by atoms with Crippen LogP contribution in [0.2, 0.25) is 0 Å². The van der Waals surface area contributed by atoms with E-state index < -0.39 is 29.9 Å². The molecule has 0 saturated carbocycles. The second-order valence-corrected chi connectivity index (χ2v) is 5.79. The van der Waals surface area contributed by atoms with Crippen LogP contribution >= 0.6 is 0 Å². The van der Waals surface area contributed by atoms with Crippen molar-refractivity contribution in [2.75, 3.05) is 11.9 Å². The number of alkyl halides is 2. The van der Waals surface area contributed by atoms with Crippen molar-refractivity contribution in [1.82, 2.24) is 9.97 Å². The molecular formula is C17H16F3N5O2. The predicted octanol–water partition coefficient (Wildman–Crippen LogP) is 2.97. The minimum Gasteiger partial charge on any atom is -0.465 e. The molecular weight excluding hydrogens is 363 g/mol. The van der Waals surface area contributed by atoms with Crippen LogP contribution in [0, 0.1) is 5.82 Å². The second kappa shape index (κ2) is 8.02. The summed E-state index contributed by atoms with van der Waals surface area (Å²) in [5, 5.41) is 2.53. The average molecular weight is 379 g/mol. The maximum Gasteiger partial charge on any atom is 0.282 e. The zero-order valence-corrected chi connectivity index (χ0v) is 14.0. The highest BCUT2D eigenvalue weighted by atomic mass is 19.3. The number of aromatic nitrogens is 2. The fraction of sp³-hybridized carbons (Fsp3) is 0.294. The molecule has 1 amide bonds. The molecule has 3 N–H and O–H groups in total. The van der Waals surface area contributed by atoms with Crippen LogP contribution in [0.15, 0.2) is 35.6 Å². The number of rotatable bonds is 4. The van der Waals surface area contributed by atoms with Gasteiger partial charge in [-0.15, -0.1) is 0 Å². The van der Waals surface area contributed by atoms with E-state index in [9.17, 15) is 18.0 Å². The molecule has 7 nitrogen and oxygen atoms in total. The van der Waals surface area contributed by atoms with E-state index in [0.717, 1.165) is 12.4 Å². The third kappa shape index (κ3) is 4.52. The van der Waals surface area contributed by atoms with Gasteiger partial charge in [-0.3, -0.25) is 9.78 Å². The number of amidine groups is 1. The van der Waals surface area contributed by atoms with Crippen LogP contribution in [0.4, 0.5) is 18.9 Å². The van der Waals surface area contributed by atoms with Gasteiger partial charge < -0.3 is 15.8 Å². The molecule has 1 aliphatic rings. The van der Waals surface area contributed by atoms with E-state index in [2.05, 4.69) is 20.3 Å². The number of anilines is 1. The number of halogens is 3. The number of nitrogens with two attached hydrogens (primary N) is 1. The number of benzene rings is 1. The van der Waals surface area contributed by atoms with Gasteiger partial charge in [0.25, 0.3) is 18.4 Å². The summed E-state index contributed by atoms with van der Waals surface area (Å²) >= 11 is 0. The van der Waals surface area contributed by atoms with E-state index in [4.69, 9.17) is 10.5 Å². The Balaban J connectivity index is 1.79. The first-order chi connectivity index (χ1) is 12.9. The van der Waals surface area contributed by atoms with Crippen molar-refractivity contribution < 1.29 is 22.7 Å². The summed E-state index contributed by atoms with van der Waals surface area (Å²) in [5.74, 6) is -1.15. The molecule has 0 radical (unpaired) electrons. The van der Waals surface area contributed by atoms with Crippen molar-refractivity contribution in [3.63, 3.8) is 0 Å². The van der Waals surface area contributed by atoms with Gasteiger partial charge in [-0.1, -0.05) is 0 Å². The molecule has 3 rings (SSSR count). The van der Waals surface area contributed by atoms with Gasteiger partial charge in [-0.05, 0) is 31.0 Å². The largest absolute Gasteiger partial charge is 0.465 e. The minimum absolute atomic E-state index is 0.0132. The van der Waals surface area contributed by atoms with Crippen molar-refractivity contribution in [1.29, 1.82) is 0 Å². The fourth-order valence-electron chi connectivity index (χ4n) is 2.57. The average Bonchev–Trinajstić information content (AvgIpc) is 2.87. The summed E-state index contributed by atoms with van der Waals surface area (Å²) in [4.78, 5) is 23.5.